The van der Waals surface area contributed by atoms with E-state index in [4.69, 9.17) is 16.3 Å². The minimum absolute atomic E-state index is 0.0910. The van der Waals surface area contributed by atoms with Gasteiger partial charge in [0.2, 0.25) is 5.91 Å². The average Bonchev–Trinajstić information content (AvgIpc) is 2.94. The lowest BCUT2D eigenvalue weighted by molar-refractivity contribution is -0.116. The summed E-state index contributed by atoms with van der Waals surface area (Å²) in [5.74, 6) is 0.744. The summed E-state index contributed by atoms with van der Waals surface area (Å²) in [5, 5.41) is 4.61. The highest BCUT2D eigenvalue weighted by atomic mass is 35.5. The van der Waals surface area contributed by atoms with Gasteiger partial charge >= 0.3 is 0 Å². The summed E-state index contributed by atoms with van der Waals surface area (Å²) in [5.41, 5.74) is 2.60. The summed E-state index contributed by atoms with van der Waals surface area (Å²) < 4.78 is 7.42. The minimum Gasteiger partial charge on any atom is -0.494 e. The molecule has 1 N–H and O–H groups in total. The first-order valence-electron chi connectivity index (χ1n) is 7.85. The highest BCUT2D eigenvalue weighted by Gasteiger charge is 2.09. The third-order valence-electron chi connectivity index (χ3n) is 3.91. The molecule has 0 spiro atoms. The maximum Gasteiger partial charge on any atom is 0.244 e. The van der Waals surface area contributed by atoms with Crippen molar-refractivity contribution in [2.75, 3.05) is 11.9 Å². The van der Waals surface area contributed by atoms with E-state index in [0.29, 0.717) is 11.6 Å². The van der Waals surface area contributed by atoms with Crippen molar-refractivity contribution in [3.8, 4) is 5.75 Å². The van der Waals surface area contributed by atoms with E-state index in [0.717, 1.165) is 27.9 Å². The average molecular weight is 343 g/mol. The second-order valence-electron chi connectivity index (χ2n) is 5.56. The van der Waals surface area contributed by atoms with Gasteiger partial charge < -0.3 is 14.6 Å². The molecule has 4 nitrogen and oxygen atoms in total. The number of nitrogens with zero attached hydrogens (tertiary/aromatic N) is 1. The molecular formula is C19H19ClN2O2. The summed E-state index contributed by atoms with van der Waals surface area (Å²) in [6.07, 6.45) is 1.91. The number of benzene rings is 2. The van der Waals surface area contributed by atoms with Crippen LogP contribution in [0, 0.1) is 6.92 Å². The topological polar surface area (TPSA) is 43.3 Å². The van der Waals surface area contributed by atoms with Crippen LogP contribution in [0.1, 0.15) is 12.5 Å². The molecule has 0 atom stereocenters. The van der Waals surface area contributed by atoms with Crippen LogP contribution in [-0.4, -0.2) is 17.1 Å². The van der Waals surface area contributed by atoms with Crippen molar-refractivity contribution in [2.24, 2.45) is 0 Å². The molecule has 0 saturated heterocycles. The summed E-state index contributed by atoms with van der Waals surface area (Å²) in [4.78, 5) is 12.4. The van der Waals surface area contributed by atoms with Crippen LogP contribution in [-0.2, 0) is 11.3 Å². The molecule has 0 unspecified atom stereocenters. The van der Waals surface area contributed by atoms with Crippen LogP contribution in [0.25, 0.3) is 10.9 Å². The summed E-state index contributed by atoms with van der Waals surface area (Å²) in [6, 6.07) is 13.3. The van der Waals surface area contributed by atoms with E-state index in [1.54, 1.807) is 0 Å². The molecule has 1 amide bonds. The summed E-state index contributed by atoms with van der Waals surface area (Å²) >= 11 is 6.09. The van der Waals surface area contributed by atoms with E-state index in [1.165, 1.54) is 0 Å². The quantitative estimate of drug-likeness (QED) is 0.734. The van der Waals surface area contributed by atoms with E-state index in [-0.39, 0.29) is 12.5 Å². The maximum absolute atomic E-state index is 12.4. The van der Waals surface area contributed by atoms with Gasteiger partial charge in [0.05, 0.1) is 6.61 Å². The van der Waals surface area contributed by atoms with Gasteiger partial charge in [0.25, 0.3) is 0 Å². The van der Waals surface area contributed by atoms with Gasteiger partial charge in [0.1, 0.15) is 12.3 Å². The first-order valence-corrected chi connectivity index (χ1v) is 8.23. The number of fused-ring (bicyclic) bond motifs is 1. The predicted molar refractivity (Wildman–Crippen MR) is 97.9 cm³/mol. The van der Waals surface area contributed by atoms with Crippen LogP contribution in [0.15, 0.2) is 48.7 Å². The Morgan fingerprint density at radius 1 is 1.25 bits per heavy atom. The Balaban J connectivity index is 1.77. The summed E-state index contributed by atoms with van der Waals surface area (Å²) in [7, 11) is 0. The lowest BCUT2D eigenvalue weighted by Gasteiger charge is -2.11. The fourth-order valence-corrected chi connectivity index (χ4v) is 2.83. The van der Waals surface area contributed by atoms with E-state index in [1.807, 2.05) is 67.1 Å². The number of aromatic nitrogens is 1. The number of rotatable bonds is 5. The Morgan fingerprint density at radius 2 is 2.08 bits per heavy atom. The Morgan fingerprint density at radius 3 is 2.88 bits per heavy atom. The second-order valence-corrected chi connectivity index (χ2v) is 5.97. The molecule has 124 valence electrons. The number of amides is 1. The molecule has 0 aliphatic carbocycles. The van der Waals surface area contributed by atoms with Crippen LogP contribution in [0.5, 0.6) is 5.75 Å². The van der Waals surface area contributed by atoms with Gasteiger partial charge in [-0.25, -0.2) is 0 Å². The summed E-state index contributed by atoms with van der Waals surface area (Å²) in [6.45, 7) is 4.72. The maximum atomic E-state index is 12.4. The lowest BCUT2D eigenvalue weighted by Crippen LogP contribution is -2.18. The number of halogens is 1. The first-order chi connectivity index (χ1) is 11.6. The van der Waals surface area contributed by atoms with Crippen molar-refractivity contribution in [2.45, 2.75) is 20.4 Å². The number of carbonyl (C=O) groups excluding carboxylic acids is 1. The van der Waals surface area contributed by atoms with Crippen LogP contribution >= 0.6 is 11.6 Å². The molecule has 3 aromatic rings. The van der Waals surface area contributed by atoms with Gasteiger partial charge in [0.15, 0.2) is 0 Å². The SMILES string of the molecule is CCOc1ccc2c(ccn2CC(=O)Nc2cccc(Cl)c2C)c1. The molecule has 24 heavy (non-hydrogen) atoms. The highest BCUT2D eigenvalue weighted by molar-refractivity contribution is 6.31. The molecule has 2 aromatic carbocycles. The molecule has 0 fully saturated rings. The second kappa shape index (κ2) is 6.97. The normalized spacial score (nSPS) is 10.8. The van der Waals surface area contributed by atoms with Crippen molar-refractivity contribution in [1.82, 2.24) is 4.57 Å². The molecule has 1 heterocycles. The zero-order valence-corrected chi connectivity index (χ0v) is 14.4. The van der Waals surface area contributed by atoms with Crippen LogP contribution in [0.4, 0.5) is 5.69 Å². The Kier molecular flexibility index (Phi) is 4.76. The Bertz CT molecular complexity index is 886. The van der Waals surface area contributed by atoms with Crippen molar-refractivity contribution in [3.63, 3.8) is 0 Å². The first kappa shape index (κ1) is 16.4. The minimum atomic E-state index is -0.0910. The molecule has 1 aromatic heterocycles. The molecule has 0 aliphatic rings. The van der Waals surface area contributed by atoms with Gasteiger partial charge in [-0.1, -0.05) is 17.7 Å². The zero-order valence-electron chi connectivity index (χ0n) is 13.7. The molecule has 0 aliphatic heterocycles. The Hall–Kier alpha value is -2.46. The molecule has 0 saturated carbocycles. The van der Waals surface area contributed by atoms with Gasteiger partial charge in [-0.3, -0.25) is 4.79 Å². The van der Waals surface area contributed by atoms with Crippen LogP contribution in [0.2, 0.25) is 5.02 Å². The van der Waals surface area contributed by atoms with E-state index >= 15 is 0 Å². The molecular weight excluding hydrogens is 324 g/mol. The van der Waals surface area contributed by atoms with Gasteiger partial charge in [0, 0.05) is 27.8 Å². The fourth-order valence-electron chi connectivity index (χ4n) is 2.66. The molecule has 3 rings (SSSR count). The van der Waals surface area contributed by atoms with E-state index in [2.05, 4.69) is 5.32 Å². The molecule has 0 radical (unpaired) electrons. The van der Waals surface area contributed by atoms with Crippen molar-refractivity contribution in [1.29, 1.82) is 0 Å². The number of ether oxygens (including phenoxy) is 1. The zero-order chi connectivity index (χ0) is 17.1. The van der Waals surface area contributed by atoms with Crippen LogP contribution < -0.4 is 10.1 Å². The third-order valence-corrected chi connectivity index (χ3v) is 4.32. The number of carbonyl (C=O) groups is 1. The lowest BCUT2D eigenvalue weighted by atomic mass is 10.2. The van der Waals surface area contributed by atoms with Crippen molar-refractivity contribution < 1.29 is 9.53 Å². The standard InChI is InChI=1S/C19H19ClN2O2/c1-3-24-15-7-8-18-14(11-15)9-10-22(18)12-19(23)21-17-6-4-5-16(20)13(17)2/h4-11H,3,12H2,1-2H3,(H,21,23). The van der Waals surface area contributed by atoms with Crippen molar-refractivity contribution in [3.05, 3.63) is 59.2 Å². The number of hydrogen-bond donors (Lipinski definition) is 1. The predicted octanol–water partition coefficient (Wildman–Crippen LogP) is 4.64. The highest BCUT2D eigenvalue weighted by Crippen LogP contribution is 2.24. The molecule has 0 bridgehead atoms. The third kappa shape index (κ3) is 3.39. The van der Waals surface area contributed by atoms with Crippen molar-refractivity contribution >= 4 is 34.1 Å². The molecule has 5 heteroatoms. The number of hydrogen-bond acceptors (Lipinski definition) is 2. The smallest absolute Gasteiger partial charge is 0.244 e. The van der Waals surface area contributed by atoms with Gasteiger partial charge in [-0.2, -0.15) is 0 Å². The van der Waals surface area contributed by atoms with Gasteiger partial charge in [-0.05, 0) is 55.8 Å². The number of anilines is 1. The largest absolute Gasteiger partial charge is 0.494 e. The Labute approximate surface area is 146 Å². The van der Waals surface area contributed by atoms with Gasteiger partial charge in [-0.15, -0.1) is 0 Å². The monoisotopic (exact) mass is 342 g/mol. The van der Waals surface area contributed by atoms with E-state index in [9.17, 15) is 4.79 Å². The number of nitrogens with one attached hydrogen (secondary N) is 1. The van der Waals surface area contributed by atoms with Crippen LogP contribution in [0.3, 0.4) is 0 Å². The fraction of sp³-hybridized carbons (Fsp3) is 0.211. The van der Waals surface area contributed by atoms with E-state index < -0.39 is 0 Å².